The van der Waals surface area contributed by atoms with Gasteiger partial charge in [-0.1, -0.05) is 30.3 Å². The summed E-state index contributed by atoms with van der Waals surface area (Å²) in [5, 5.41) is 2.50. The lowest BCUT2D eigenvalue weighted by Crippen LogP contribution is -2.26. The number of carbonyl (C=O) groups is 2. The molecule has 0 fully saturated rings. The van der Waals surface area contributed by atoms with E-state index in [-0.39, 0.29) is 6.29 Å². The largest absolute Gasteiger partial charge is 0.457 e. The number of carbonyl (C=O) groups excluding carboxylic acids is 2. The Morgan fingerprint density at radius 3 is 2.30 bits per heavy atom. The first-order valence-electron chi connectivity index (χ1n) is 6.33. The third kappa shape index (κ3) is 4.24. The van der Waals surface area contributed by atoms with Crippen LogP contribution in [0.2, 0.25) is 0 Å². The average molecular weight is 269 g/mol. The van der Waals surface area contributed by atoms with E-state index in [1.165, 1.54) is 0 Å². The molecular formula is C16H15NO3. The first kappa shape index (κ1) is 13.8. The van der Waals surface area contributed by atoms with Crippen molar-refractivity contribution in [3.63, 3.8) is 0 Å². The fourth-order valence-corrected chi connectivity index (χ4v) is 1.72. The Bertz CT molecular complexity index is 564. The van der Waals surface area contributed by atoms with Gasteiger partial charge >= 0.3 is 0 Å². The molecule has 2 aromatic rings. The summed E-state index contributed by atoms with van der Waals surface area (Å²) in [6.07, 6.45) is 0.946. The number of hydrogen-bond donors (Lipinski definition) is 1. The molecule has 1 N–H and O–H groups in total. The highest BCUT2D eigenvalue weighted by Gasteiger charge is 1.99. The SMILES string of the molecule is O=CC(=O)NCCc1ccc(Oc2ccccc2)cc1. The fraction of sp³-hybridized carbons (Fsp3) is 0.125. The highest BCUT2D eigenvalue weighted by Crippen LogP contribution is 2.21. The number of amides is 1. The molecule has 0 heterocycles. The number of nitrogens with one attached hydrogen (secondary N) is 1. The highest BCUT2D eigenvalue weighted by molar-refractivity contribution is 6.23. The molecule has 0 aromatic heterocycles. The third-order valence-corrected chi connectivity index (χ3v) is 2.72. The molecule has 0 saturated heterocycles. The zero-order valence-electron chi connectivity index (χ0n) is 10.9. The van der Waals surface area contributed by atoms with Gasteiger partial charge in [0.2, 0.25) is 6.29 Å². The van der Waals surface area contributed by atoms with Gasteiger partial charge < -0.3 is 10.1 Å². The summed E-state index contributed by atoms with van der Waals surface area (Å²) in [7, 11) is 0. The lowest BCUT2D eigenvalue weighted by Gasteiger charge is -2.07. The molecule has 0 radical (unpaired) electrons. The molecule has 0 unspecified atom stereocenters. The van der Waals surface area contributed by atoms with E-state index in [0.29, 0.717) is 13.0 Å². The molecule has 0 atom stereocenters. The van der Waals surface area contributed by atoms with Crippen molar-refractivity contribution in [3.05, 3.63) is 60.2 Å². The number of ether oxygens (including phenoxy) is 1. The van der Waals surface area contributed by atoms with E-state index in [0.717, 1.165) is 17.1 Å². The maximum absolute atomic E-state index is 10.8. The van der Waals surface area contributed by atoms with E-state index in [4.69, 9.17) is 4.74 Å². The van der Waals surface area contributed by atoms with Crippen molar-refractivity contribution >= 4 is 12.2 Å². The smallest absolute Gasteiger partial charge is 0.284 e. The summed E-state index contributed by atoms with van der Waals surface area (Å²) in [5.74, 6) is 0.962. The summed E-state index contributed by atoms with van der Waals surface area (Å²) in [5.41, 5.74) is 1.07. The van der Waals surface area contributed by atoms with Gasteiger partial charge in [-0.2, -0.15) is 0 Å². The average Bonchev–Trinajstić information content (AvgIpc) is 2.50. The van der Waals surface area contributed by atoms with Crippen LogP contribution >= 0.6 is 0 Å². The molecule has 0 aliphatic rings. The monoisotopic (exact) mass is 269 g/mol. The van der Waals surface area contributed by atoms with Crippen LogP contribution < -0.4 is 10.1 Å². The normalized spacial score (nSPS) is 9.80. The van der Waals surface area contributed by atoms with Gasteiger partial charge in [-0.25, -0.2) is 0 Å². The Balaban J connectivity index is 1.86. The molecule has 2 aromatic carbocycles. The van der Waals surface area contributed by atoms with Crippen LogP contribution in [-0.2, 0) is 16.0 Å². The van der Waals surface area contributed by atoms with E-state index in [9.17, 15) is 9.59 Å². The van der Waals surface area contributed by atoms with Gasteiger partial charge in [-0.3, -0.25) is 9.59 Å². The van der Waals surface area contributed by atoms with Crippen LogP contribution in [0.5, 0.6) is 11.5 Å². The zero-order valence-corrected chi connectivity index (χ0v) is 10.9. The summed E-state index contributed by atoms with van der Waals surface area (Å²) < 4.78 is 5.68. The van der Waals surface area contributed by atoms with Gasteiger partial charge in [0.1, 0.15) is 11.5 Å². The topological polar surface area (TPSA) is 55.4 Å². The summed E-state index contributed by atoms with van der Waals surface area (Å²) >= 11 is 0. The van der Waals surface area contributed by atoms with E-state index in [1.807, 2.05) is 54.6 Å². The van der Waals surface area contributed by atoms with Crippen LogP contribution in [0.1, 0.15) is 5.56 Å². The second-order valence-electron chi connectivity index (χ2n) is 4.22. The van der Waals surface area contributed by atoms with Crippen molar-refractivity contribution in [1.29, 1.82) is 0 Å². The number of hydrogen-bond acceptors (Lipinski definition) is 3. The molecule has 102 valence electrons. The maximum Gasteiger partial charge on any atom is 0.284 e. The summed E-state index contributed by atoms with van der Waals surface area (Å²) in [4.78, 5) is 20.9. The molecule has 4 nitrogen and oxygen atoms in total. The van der Waals surface area contributed by atoms with Crippen molar-refractivity contribution in [2.24, 2.45) is 0 Å². The lowest BCUT2D eigenvalue weighted by atomic mass is 10.1. The highest BCUT2D eigenvalue weighted by atomic mass is 16.5. The standard InChI is InChI=1S/C16H15NO3/c18-12-16(19)17-11-10-13-6-8-15(9-7-13)20-14-4-2-1-3-5-14/h1-9,12H,10-11H2,(H,17,19). The van der Waals surface area contributed by atoms with Crippen molar-refractivity contribution in [2.75, 3.05) is 6.54 Å². The Morgan fingerprint density at radius 1 is 1.00 bits per heavy atom. The summed E-state index contributed by atoms with van der Waals surface area (Å²) in [6.45, 7) is 0.441. The molecule has 2 rings (SSSR count). The minimum atomic E-state index is -0.589. The van der Waals surface area contributed by atoms with Gasteiger partial charge in [-0.15, -0.1) is 0 Å². The van der Waals surface area contributed by atoms with Crippen molar-refractivity contribution < 1.29 is 14.3 Å². The Kier molecular flexibility index (Phi) is 4.89. The quantitative estimate of drug-likeness (QED) is 0.647. The maximum atomic E-state index is 10.8. The molecule has 0 aliphatic carbocycles. The van der Waals surface area contributed by atoms with E-state index < -0.39 is 5.91 Å². The molecule has 0 bridgehead atoms. The van der Waals surface area contributed by atoms with Crippen LogP contribution in [0, 0.1) is 0 Å². The van der Waals surface area contributed by atoms with E-state index in [1.54, 1.807) is 0 Å². The molecule has 1 amide bonds. The van der Waals surface area contributed by atoms with Crippen LogP contribution in [0.4, 0.5) is 0 Å². The minimum Gasteiger partial charge on any atom is -0.457 e. The lowest BCUT2D eigenvalue weighted by molar-refractivity contribution is -0.131. The zero-order chi connectivity index (χ0) is 14.2. The van der Waals surface area contributed by atoms with Crippen molar-refractivity contribution in [1.82, 2.24) is 5.32 Å². The van der Waals surface area contributed by atoms with Crippen molar-refractivity contribution in [2.45, 2.75) is 6.42 Å². The number of para-hydroxylation sites is 1. The molecular weight excluding hydrogens is 254 g/mol. The van der Waals surface area contributed by atoms with Gasteiger partial charge in [0.15, 0.2) is 0 Å². The molecule has 0 saturated carbocycles. The summed E-state index contributed by atoms with van der Waals surface area (Å²) in [6, 6.07) is 17.2. The van der Waals surface area contributed by atoms with E-state index >= 15 is 0 Å². The number of aldehydes is 1. The van der Waals surface area contributed by atoms with Gasteiger partial charge in [0.25, 0.3) is 5.91 Å². The minimum absolute atomic E-state index is 0.275. The molecule has 0 aliphatic heterocycles. The van der Waals surface area contributed by atoms with Crippen LogP contribution in [0.15, 0.2) is 54.6 Å². The second-order valence-corrected chi connectivity index (χ2v) is 4.22. The number of benzene rings is 2. The van der Waals surface area contributed by atoms with Crippen molar-refractivity contribution in [3.8, 4) is 11.5 Å². The fourth-order valence-electron chi connectivity index (χ4n) is 1.72. The van der Waals surface area contributed by atoms with Crippen LogP contribution in [0.3, 0.4) is 0 Å². The van der Waals surface area contributed by atoms with Gasteiger partial charge in [0, 0.05) is 6.54 Å². The predicted molar refractivity (Wildman–Crippen MR) is 75.7 cm³/mol. The second kappa shape index (κ2) is 7.09. The molecule has 4 heteroatoms. The predicted octanol–water partition coefficient (Wildman–Crippen LogP) is 2.34. The van der Waals surface area contributed by atoms with E-state index in [2.05, 4.69) is 5.32 Å². The molecule has 0 spiro atoms. The Labute approximate surface area is 117 Å². The molecule has 20 heavy (non-hydrogen) atoms. The van der Waals surface area contributed by atoms with Crippen LogP contribution in [0.25, 0.3) is 0 Å². The first-order chi connectivity index (χ1) is 9.78. The van der Waals surface area contributed by atoms with Gasteiger partial charge in [0.05, 0.1) is 0 Å². The Hall–Kier alpha value is -2.62. The van der Waals surface area contributed by atoms with Crippen LogP contribution in [-0.4, -0.2) is 18.7 Å². The third-order valence-electron chi connectivity index (χ3n) is 2.72. The number of rotatable bonds is 6. The Morgan fingerprint density at radius 2 is 1.65 bits per heavy atom. The van der Waals surface area contributed by atoms with Gasteiger partial charge in [-0.05, 0) is 36.2 Å². The first-order valence-corrected chi connectivity index (χ1v) is 6.33.